The minimum Gasteiger partial charge on any atom is -0.383 e. The van der Waals surface area contributed by atoms with Crippen molar-refractivity contribution in [2.75, 3.05) is 45.4 Å². The Morgan fingerprint density at radius 3 is 2.00 bits per heavy atom. The molecule has 0 radical (unpaired) electrons. The maximum atomic E-state index is 13.6. The third kappa shape index (κ3) is 4.30. The normalized spacial score (nSPS) is 14.1. The van der Waals surface area contributed by atoms with E-state index >= 15 is 0 Å². The van der Waals surface area contributed by atoms with Crippen LogP contribution in [0, 0.1) is 13.8 Å². The lowest BCUT2D eigenvalue weighted by molar-refractivity contribution is -0.120. The Bertz CT molecular complexity index is 942. The number of rotatable bonds is 9. The first-order valence-electron chi connectivity index (χ1n) is 9.98. The molecule has 0 saturated carbocycles. The van der Waals surface area contributed by atoms with Crippen molar-refractivity contribution < 1.29 is 19.1 Å². The number of carbonyl (C=O) groups is 2. The number of hydrogen-bond donors (Lipinski definition) is 0. The van der Waals surface area contributed by atoms with Gasteiger partial charge in [-0.2, -0.15) is 0 Å². The summed E-state index contributed by atoms with van der Waals surface area (Å²) in [5.74, 6) is -0.634. The number of ether oxygens (including phenoxy) is 2. The van der Waals surface area contributed by atoms with E-state index < -0.39 is 0 Å². The second-order valence-corrected chi connectivity index (χ2v) is 7.29. The Morgan fingerprint density at radius 1 is 0.833 bits per heavy atom. The fraction of sp³-hybridized carbons (Fsp3) is 0.333. The maximum absolute atomic E-state index is 13.6. The van der Waals surface area contributed by atoms with Crippen molar-refractivity contribution in [1.29, 1.82) is 0 Å². The summed E-state index contributed by atoms with van der Waals surface area (Å²) >= 11 is 0. The van der Waals surface area contributed by atoms with Crippen LogP contribution in [-0.4, -0.2) is 57.2 Å². The van der Waals surface area contributed by atoms with Crippen LogP contribution in [-0.2, 0) is 19.1 Å². The standard InChI is InChI=1S/C24H28N2O4/c1-17-9-11-19(12-10-17)21-22(25(13-15-29-3)14-16-30-4)24(28)26(23(21)27)20-8-6-5-7-18(20)2/h5-12H,13-16H2,1-4H3. The number of nitrogens with zero attached hydrogens (tertiary/aromatic N) is 2. The van der Waals surface area contributed by atoms with Crippen molar-refractivity contribution in [1.82, 2.24) is 4.90 Å². The molecule has 158 valence electrons. The minimum absolute atomic E-state index is 0.312. The SMILES string of the molecule is COCCN(CCOC)C1=C(c2ccc(C)cc2)C(=O)N(c2ccccc2C)C1=O. The lowest BCUT2D eigenvalue weighted by Crippen LogP contribution is -2.38. The molecule has 6 heteroatoms. The monoisotopic (exact) mass is 408 g/mol. The molecule has 2 aromatic rings. The van der Waals surface area contributed by atoms with Crippen molar-refractivity contribution in [3.05, 3.63) is 70.9 Å². The van der Waals surface area contributed by atoms with Crippen LogP contribution in [0.2, 0.25) is 0 Å². The number of benzene rings is 2. The van der Waals surface area contributed by atoms with Gasteiger partial charge in [0.25, 0.3) is 11.8 Å². The summed E-state index contributed by atoms with van der Waals surface area (Å²) in [6.07, 6.45) is 0. The van der Waals surface area contributed by atoms with Gasteiger partial charge in [0.2, 0.25) is 0 Å². The summed E-state index contributed by atoms with van der Waals surface area (Å²) in [4.78, 5) is 30.4. The van der Waals surface area contributed by atoms with Gasteiger partial charge in [0, 0.05) is 27.3 Å². The molecule has 0 atom stereocenters. The highest BCUT2D eigenvalue weighted by molar-refractivity contribution is 6.45. The molecular weight excluding hydrogens is 380 g/mol. The molecule has 0 saturated heterocycles. The third-order valence-corrected chi connectivity index (χ3v) is 5.20. The molecule has 0 spiro atoms. The van der Waals surface area contributed by atoms with Gasteiger partial charge in [0.15, 0.2) is 0 Å². The number of hydrogen-bond acceptors (Lipinski definition) is 5. The Morgan fingerprint density at radius 2 is 1.43 bits per heavy atom. The van der Waals surface area contributed by atoms with Crippen LogP contribution < -0.4 is 4.90 Å². The van der Waals surface area contributed by atoms with Crippen molar-refractivity contribution >= 4 is 23.1 Å². The van der Waals surface area contributed by atoms with E-state index in [-0.39, 0.29) is 11.8 Å². The number of imide groups is 1. The number of aryl methyl sites for hydroxylation is 2. The fourth-order valence-corrected chi connectivity index (χ4v) is 3.56. The van der Waals surface area contributed by atoms with Crippen molar-refractivity contribution in [2.45, 2.75) is 13.8 Å². The Kier molecular flexibility index (Phi) is 7.03. The first-order valence-corrected chi connectivity index (χ1v) is 9.98. The highest BCUT2D eigenvalue weighted by Crippen LogP contribution is 2.36. The van der Waals surface area contributed by atoms with Crippen molar-refractivity contribution in [2.24, 2.45) is 0 Å². The second-order valence-electron chi connectivity index (χ2n) is 7.29. The predicted octanol–water partition coefficient (Wildman–Crippen LogP) is 3.18. The van der Waals surface area contributed by atoms with E-state index in [0.717, 1.165) is 16.7 Å². The molecule has 2 aromatic carbocycles. The predicted molar refractivity (Wildman–Crippen MR) is 117 cm³/mol. The zero-order valence-corrected chi connectivity index (χ0v) is 18.0. The largest absolute Gasteiger partial charge is 0.383 e. The second kappa shape index (κ2) is 9.69. The Hall–Kier alpha value is -2.96. The number of amides is 2. The maximum Gasteiger partial charge on any atom is 0.282 e. The average Bonchev–Trinajstić information content (AvgIpc) is 2.99. The van der Waals surface area contributed by atoms with Gasteiger partial charge < -0.3 is 14.4 Å². The van der Waals surface area contributed by atoms with Crippen LogP contribution in [0.15, 0.2) is 54.2 Å². The molecule has 30 heavy (non-hydrogen) atoms. The number of methoxy groups -OCH3 is 2. The van der Waals surface area contributed by atoms with Gasteiger partial charge in [-0.1, -0.05) is 48.0 Å². The molecule has 3 rings (SSSR count). The molecule has 0 N–H and O–H groups in total. The molecule has 0 bridgehead atoms. The molecule has 0 aromatic heterocycles. The third-order valence-electron chi connectivity index (χ3n) is 5.20. The van der Waals surface area contributed by atoms with Crippen LogP contribution in [0.1, 0.15) is 16.7 Å². The topological polar surface area (TPSA) is 59.1 Å². The summed E-state index contributed by atoms with van der Waals surface area (Å²) in [6.45, 7) is 5.70. The molecule has 1 aliphatic rings. The van der Waals surface area contributed by atoms with E-state index in [1.807, 2.05) is 61.2 Å². The quantitative estimate of drug-likeness (QED) is 0.597. The van der Waals surface area contributed by atoms with E-state index in [1.165, 1.54) is 4.90 Å². The molecular formula is C24H28N2O4. The summed E-state index contributed by atoms with van der Waals surface area (Å²) in [5.41, 5.74) is 4.08. The highest BCUT2D eigenvalue weighted by atomic mass is 16.5. The van der Waals surface area contributed by atoms with Crippen LogP contribution in [0.25, 0.3) is 5.57 Å². The van der Waals surface area contributed by atoms with Crippen LogP contribution in [0.3, 0.4) is 0 Å². The smallest absolute Gasteiger partial charge is 0.282 e. The van der Waals surface area contributed by atoms with Gasteiger partial charge in [0.05, 0.1) is 24.5 Å². The van der Waals surface area contributed by atoms with E-state index in [2.05, 4.69) is 0 Å². The van der Waals surface area contributed by atoms with E-state index in [0.29, 0.717) is 43.3 Å². The van der Waals surface area contributed by atoms with Gasteiger partial charge >= 0.3 is 0 Å². The van der Waals surface area contributed by atoms with E-state index in [4.69, 9.17) is 9.47 Å². The first-order chi connectivity index (χ1) is 14.5. The number of para-hydroxylation sites is 1. The summed E-state index contributed by atoms with van der Waals surface area (Å²) in [6, 6.07) is 15.1. The zero-order valence-electron chi connectivity index (χ0n) is 18.0. The van der Waals surface area contributed by atoms with Gasteiger partial charge in [-0.15, -0.1) is 0 Å². The molecule has 1 aliphatic heterocycles. The number of anilines is 1. The van der Waals surface area contributed by atoms with E-state index in [9.17, 15) is 9.59 Å². The van der Waals surface area contributed by atoms with Gasteiger partial charge in [-0.25, -0.2) is 4.90 Å². The van der Waals surface area contributed by atoms with Crippen molar-refractivity contribution in [3.63, 3.8) is 0 Å². The zero-order chi connectivity index (χ0) is 21.7. The van der Waals surface area contributed by atoms with Crippen LogP contribution >= 0.6 is 0 Å². The molecule has 1 heterocycles. The fourth-order valence-electron chi connectivity index (χ4n) is 3.56. The minimum atomic E-state index is -0.322. The lowest BCUT2D eigenvalue weighted by atomic mass is 10.0. The summed E-state index contributed by atoms with van der Waals surface area (Å²) in [7, 11) is 3.23. The molecule has 0 unspecified atom stereocenters. The Labute approximate surface area is 177 Å². The highest BCUT2D eigenvalue weighted by Gasteiger charge is 2.42. The Balaban J connectivity index is 2.14. The molecule has 0 fully saturated rings. The number of carbonyl (C=O) groups excluding carboxylic acids is 2. The van der Waals surface area contributed by atoms with Crippen molar-refractivity contribution in [3.8, 4) is 0 Å². The molecule has 6 nitrogen and oxygen atoms in total. The van der Waals surface area contributed by atoms with Crippen LogP contribution in [0.5, 0.6) is 0 Å². The first kappa shape index (κ1) is 21.7. The van der Waals surface area contributed by atoms with Gasteiger partial charge in [0.1, 0.15) is 5.70 Å². The van der Waals surface area contributed by atoms with Crippen LogP contribution in [0.4, 0.5) is 5.69 Å². The van der Waals surface area contributed by atoms with E-state index in [1.54, 1.807) is 20.3 Å². The summed E-state index contributed by atoms with van der Waals surface area (Å²) < 4.78 is 10.5. The van der Waals surface area contributed by atoms with Gasteiger partial charge in [-0.05, 0) is 31.0 Å². The molecule has 2 amide bonds. The van der Waals surface area contributed by atoms with Gasteiger partial charge in [-0.3, -0.25) is 9.59 Å². The lowest BCUT2D eigenvalue weighted by Gasteiger charge is -2.26. The average molecular weight is 408 g/mol. The molecule has 0 aliphatic carbocycles. The summed E-state index contributed by atoms with van der Waals surface area (Å²) in [5, 5.41) is 0.